The summed E-state index contributed by atoms with van der Waals surface area (Å²) in [4.78, 5) is 16.7. The van der Waals surface area contributed by atoms with Crippen molar-refractivity contribution in [1.82, 2.24) is 19.9 Å². The lowest BCUT2D eigenvalue weighted by Crippen LogP contribution is -2.00. The maximum Gasteiger partial charge on any atom is 0.142 e. The smallest absolute Gasteiger partial charge is 0.142 e. The third-order valence-corrected chi connectivity index (χ3v) is 6.95. The first-order chi connectivity index (χ1) is 22.5. The number of para-hydroxylation sites is 4. The van der Waals surface area contributed by atoms with Crippen LogP contribution in [0.25, 0.3) is 22.3 Å². The number of nitrogens with one attached hydrogen (secondary N) is 2. The van der Waals surface area contributed by atoms with Crippen molar-refractivity contribution in [3.63, 3.8) is 0 Å². The van der Waals surface area contributed by atoms with E-state index in [2.05, 4.69) is 30.6 Å². The lowest BCUT2D eigenvalue weighted by atomic mass is 10.1. The molecule has 0 radical (unpaired) electrons. The number of rotatable bonds is 10. The molecule has 0 spiro atoms. The van der Waals surface area contributed by atoms with Gasteiger partial charge < -0.3 is 20.1 Å². The quantitative estimate of drug-likeness (QED) is 0.141. The van der Waals surface area contributed by atoms with E-state index in [0.717, 1.165) is 56.8 Å². The van der Waals surface area contributed by atoms with Crippen molar-refractivity contribution in [3.05, 3.63) is 132 Å². The van der Waals surface area contributed by atoms with Gasteiger partial charge in [-0.25, -0.2) is 19.9 Å². The highest BCUT2D eigenvalue weighted by molar-refractivity contribution is 6.30. The molecule has 6 aromatic rings. The number of benzene rings is 2. The number of hydrogen-bond acceptors (Lipinski definition) is 8. The summed E-state index contributed by atoms with van der Waals surface area (Å²) >= 11 is 11.5. The van der Waals surface area contributed by atoms with Crippen LogP contribution in [0.5, 0.6) is 11.5 Å². The van der Waals surface area contributed by atoms with Gasteiger partial charge in [0.15, 0.2) is 0 Å². The minimum absolute atomic E-state index is 0.468. The molecule has 0 aliphatic carbocycles. The van der Waals surface area contributed by atoms with Crippen LogP contribution in [-0.4, -0.2) is 33.1 Å². The van der Waals surface area contributed by atoms with Gasteiger partial charge in [-0.1, -0.05) is 47.5 Å². The van der Waals surface area contributed by atoms with Crippen LogP contribution in [0.4, 0.5) is 23.0 Å². The number of anilines is 4. The van der Waals surface area contributed by atoms with E-state index < -0.39 is 0 Å². The molecule has 4 heterocycles. The van der Waals surface area contributed by atoms with Gasteiger partial charge in [-0.15, -0.1) is 0 Å². The second-order valence-electron chi connectivity index (χ2n) is 9.70. The molecule has 0 saturated carbocycles. The summed E-state index contributed by atoms with van der Waals surface area (Å²) < 4.78 is 11.4. The molecular weight excluding hydrogens is 619 g/mol. The third-order valence-electron chi connectivity index (χ3n) is 6.54. The fraction of sp³-hybridized carbons (Fsp3) is 0.111. The zero-order valence-corrected chi connectivity index (χ0v) is 26.8. The molecule has 0 saturated heterocycles. The number of aromatic nitrogens is 4. The second kappa shape index (κ2) is 16.2. The van der Waals surface area contributed by atoms with Gasteiger partial charge in [0, 0.05) is 24.8 Å². The van der Waals surface area contributed by atoms with E-state index >= 15 is 0 Å². The zero-order valence-electron chi connectivity index (χ0n) is 25.3. The van der Waals surface area contributed by atoms with Crippen LogP contribution in [0, 0.1) is 0 Å². The molecule has 0 aliphatic heterocycles. The molecule has 0 fully saturated rings. The van der Waals surface area contributed by atoms with Crippen molar-refractivity contribution in [2.75, 3.05) is 23.8 Å². The number of hydrogen-bond donors (Lipinski definition) is 2. The normalized spacial score (nSPS) is 10.3. The molecule has 232 valence electrons. The highest BCUT2D eigenvalue weighted by atomic mass is 35.5. The van der Waals surface area contributed by atoms with Crippen LogP contribution in [0.3, 0.4) is 0 Å². The molecule has 46 heavy (non-hydrogen) atoms. The fourth-order valence-electron chi connectivity index (χ4n) is 4.50. The maximum atomic E-state index is 5.77. The van der Waals surface area contributed by atoms with Gasteiger partial charge in [0.25, 0.3) is 0 Å². The maximum absolute atomic E-state index is 5.77. The Morgan fingerprint density at radius 2 is 0.870 bits per heavy atom. The summed E-state index contributed by atoms with van der Waals surface area (Å²) in [5.74, 6) is 3.07. The minimum Gasteiger partial charge on any atom is -0.492 e. The van der Waals surface area contributed by atoms with Gasteiger partial charge in [0.1, 0.15) is 33.4 Å². The van der Waals surface area contributed by atoms with E-state index in [1.807, 2.05) is 98.8 Å². The lowest BCUT2D eigenvalue weighted by Gasteiger charge is -2.13. The Bertz CT molecular complexity index is 1750. The Balaban J connectivity index is 0.000000247. The summed E-state index contributed by atoms with van der Waals surface area (Å²) in [5, 5.41) is 7.66. The number of halogens is 2. The fourth-order valence-corrected chi connectivity index (χ4v) is 4.85. The van der Waals surface area contributed by atoms with Crippen molar-refractivity contribution in [2.45, 2.75) is 13.8 Å². The summed E-state index contributed by atoms with van der Waals surface area (Å²) in [6.07, 6.45) is 6.90. The Morgan fingerprint density at radius 3 is 1.26 bits per heavy atom. The van der Waals surface area contributed by atoms with E-state index in [1.54, 1.807) is 36.9 Å². The largest absolute Gasteiger partial charge is 0.492 e. The minimum atomic E-state index is 0.468. The van der Waals surface area contributed by atoms with E-state index in [4.69, 9.17) is 32.7 Å². The van der Waals surface area contributed by atoms with Gasteiger partial charge >= 0.3 is 0 Å². The van der Waals surface area contributed by atoms with Gasteiger partial charge in [0.05, 0.1) is 24.6 Å². The third kappa shape index (κ3) is 8.94. The van der Waals surface area contributed by atoms with E-state index in [0.29, 0.717) is 23.5 Å². The summed E-state index contributed by atoms with van der Waals surface area (Å²) in [7, 11) is 0. The summed E-state index contributed by atoms with van der Waals surface area (Å²) in [5.41, 5.74) is 5.77. The average molecular weight is 652 g/mol. The lowest BCUT2D eigenvalue weighted by molar-refractivity contribution is 0.342. The van der Waals surface area contributed by atoms with Gasteiger partial charge in [-0.2, -0.15) is 0 Å². The van der Waals surface area contributed by atoms with Crippen LogP contribution in [0.1, 0.15) is 13.8 Å². The van der Waals surface area contributed by atoms with Crippen LogP contribution in [-0.2, 0) is 0 Å². The summed E-state index contributed by atoms with van der Waals surface area (Å²) in [6, 6.07) is 31.0. The first-order valence-electron chi connectivity index (χ1n) is 14.7. The molecule has 0 atom stereocenters. The second-order valence-corrected chi connectivity index (χ2v) is 10.5. The predicted octanol–water partition coefficient (Wildman–Crippen LogP) is 9.88. The van der Waals surface area contributed by atoms with Crippen molar-refractivity contribution in [2.24, 2.45) is 0 Å². The summed E-state index contributed by atoms with van der Waals surface area (Å²) in [6.45, 7) is 5.14. The molecule has 8 nitrogen and oxygen atoms in total. The monoisotopic (exact) mass is 650 g/mol. The van der Waals surface area contributed by atoms with Crippen molar-refractivity contribution >= 4 is 46.2 Å². The number of nitrogens with zero attached hydrogens (tertiary/aromatic N) is 4. The van der Waals surface area contributed by atoms with Crippen molar-refractivity contribution in [1.29, 1.82) is 0 Å². The number of pyridine rings is 4. The molecule has 0 bridgehead atoms. The van der Waals surface area contributed by atoms with Gasteiger partial charge in [-0.05, 0) is 109 Å². The van der Waals surface area contributed by atoms with Gasteiger partial charge in [-0.3, -0.25) is 0 Å². The molecule has 10 heteroatoms. The number of ether oxygens (including phenoxy) is 2. The average Bonchev–Trinajstić information content (AvgIpc) is 3.07. The Morgan fingerprint density at radius 1 is 0.500 bits per heavy atom. The Kier molecular flexibility index (Phi) is 11.4. The molecule has 0 aliphatic rings. The first kappa shape index (κ1) is 32.2. The topological polar surface area (TPSA) is 94.1 Å². The molecule has 4 aromatic heterocycles. The van der Waals surface area contributed by atoms with Crippen molar-refractivity contribution < 1.29 is 9.47 Å². The standard InChI is InChI=1S/C26H26N4O2.C10H6Cl2N2/c1-3-31-23-11-7-5-9-21(23)29-25-17-19(13-15-27-25)20-14-16-28-26(18-20)30-22-10-6-8-12-24(22)32-4-2;11-9-5-7(1-3-13-9)8-2-4-14-10(12)6-8/h5-18H,3-4H2,1-2H3,(H,27,29)(H,28,30);1-6H. The van der Waals surface area contributed by atoms with Crippen LogP contribution in [0.2, 0.25) is 10.3 Å². The molecular formula is C36H32Cl2N6O2. The first-order valence-corrected chi connectivity index (χ1v) is 15.4. The van der Waals surface area contributed by atoms with E-state index in [1.165, 1.54) is 0 Å². The van der Waals surface area contributed by atoms with E-state index in [-0.39, 0.29) is 0 Å². The Labute approximate surface area is 278 Å². The molecule has 2 aromatic carbocycles. The van der Waals surface area contributed by atoms with Crippen molar-refractivity contribution in [3.8, 4) is 33.8 Å². The van der Waals surface area contributed by atoms with E-state index in [9.17, 15) is 0 Å². The highest BCUT2D eigenvalue weighted by Crippen LogP contribution is 2.31. The Hall–Kier alpha value is -5.18. The zero-order chi connectivity index (χ0) is 32.1. The van der Waals surface area contributed by atoms with Crippen LogP contribution in [0.15, 0.2) is 122 Å². The molecule has 0 amide bonds. The highest BCUT2D eigenvalue weighted by Gasteiger charge is 2.08. The van der Waals surface area contributed by atoms with Gasteiger partial charge in [0.2, 0.25) is 0 Å². The van der Waals surface area contributed by atoms with Crippen LogP contribution >= 0.6 is 23.2 Å². The molecule has 2 N–H and O–H groups in total. The molecule has 0 unspecified atom stereocenters. The molecule has 6 rings (SSSR count). The van der Waals surface area contributed by atoms with Crippen LogP contribution < -0.4 is 20.1 Å². The predicted molar refractivity (Wildman–Crippen MR) is 187 cm³/mol. The SMILES string of the molecule is CCOc1ccccc1Nc1cc(-c2ccnc(Nc3ccccc3OCC)c2)ccn1.Clc1cc(-c2ccnc(Cl)c2)ccn1.